The van der Waals surface area contributed by atoms with E-state index in [2.05, 4.69) is 69.8 Å². The standard InChI is InChI=1S/C37H55BrN2O3/c1-22(2)23-14-19-37(32(41)42)21-20-35(6)24(30(23)37)12-13-28-34(5)17-16-29(33(3,4)27(34)15-18-36(28,35)7)40-39-26-11-9-10-25(38)31(26)43-8/h9-11,22-24,27-28,30,39H,12-21H2,1-8H3,(H,41,42)/b40-29+/t23-,24?,27-,28+,30+,34-,35+,36+,37?/m0/s1. The van der Waals surface area contributed by atoms with Gasteiger partial charge in [-0.05, 0) is 144 Å². The molecule has 5 nitrogen and oxygen atoms in total. The first-order valence-electron chi connectivity index (χ1n) is 17.1. The van der Waals surface area contributed by atoms with Crippen LogP contribution in [-0.2, 0) is 4.79 Å². The summed E-state index contributed by atoms with van der Waals surface area (Å²) in [4.78, 5) is 13.0. The van der Waals surface area contributed by atoms with E-state index >= 15 is 0 Å². The Hall–Kier alpha value is -1.56. The van der Waals surface area contributed by atoms with Gasteiger partial charge in [0.05, 0.1) is 22.7 Å². The summed E-state index contributed by atoms with van der Waals surface area (Å²) in [6.45, 7) is 17.5. The molecule has 5 aliphatic carbocycles. The zero-order valence-electron chi connectivity index (χ0n) is 27.9. The van der Waals surface area contributed by atoms with Gasteiger partial charge in [0.15, 0.2) is 5.75 Å². The van der Waals surface area contributed by atoms with Gasteiger partial charge in [0, 0.05) is 11.1 Å². The molecule has 43 heavy (non-hydrogen) atoms. The molecule has 1 aromatic carbocycles. The summed E-state index contributed by atoms with van der Waals surface area (Å²) in [6.07, 6.45) is 11.0. The van der Waals surface area contributed by atoms with Crippen LogP contribution in [-0.4, -0.2) is 23.9 Å². The number of rotatable bonds is 5. The van der Waals surface area contributed by atoms with Gasteiger partial charge in [-0.1, -0.05) is 54.5 Å². The van der Waals surface area contributed by atoms with Crippen LogP contribution in [0.15, 0.2) is 27.8 Å². The van der Waals surface area contributed by atoms with Gasteiger partial charge in [-0.25, -0.2) is 0 Å². The Morgan fingerprint density at radius 3 is 2.40 bits per heavy atom. The van der Waals surface area contributed by atoms with Crippen LogP contribution >= 0.6 is 15.9 Å². The molecule has 5 saturated carbocycles. The van der Waals surface area contributed by atoms with Crippen molar-refractivity contribution in [1.29, 1.82) is 0 Å². The predicted octanol–water partition coefficient (Wildman–Crippen LogP) is 10.0. The van der Waals surface area contributed by atoms with Gasteiger partial charge in [-0.2, -0.15) is 5.10 Å². The fraction of sp³-hybridized carbons (Fsp3) is 0.784. The summed E-state index contributed by atoms with van der Waals surface area (Å²) in [5.41, 5.74) is 5.73. The Balaban J connectivity index is 1.31. The van der Waals surface area contributed by atoms with Crippen LogP contribution in [0.1, 0.15) is 113 Å². The number of anilines is 1. The third-order valence-corrected chi connectivity index (χ3v) is 15.7. The van der Waals surface area contributed by atoms with Crippen LogP contribution in [0, 0.1) is 62.6 Å². The lowest BCUT2D eigenvalue weighted by Gasteiger charge is -2.72. The highest BCUT2D eigenvalue weighted by atomic mass is 79.9. The van der Waals surface area contributed by atoms with Gasteiger partial charge in [0.25, 0.3) is 0 Å². The van der Waals surface area contributed by atoms with E-state index in [0.29, 0.717) is 35.5 Å². The Morgan fingerprint density at radius 2 is 1.72 bits per heavy atom. The van der Waals surface area contributed by atoms with Crippen molar-refractivity contribution in [1.82, 2.24) is 0 Å². The molecule has 0 amide bonds. The molecule has 9 atom stereocenters. The highest BCUT2D eigenvalue weighted by molar-refractivity contribution is 9.10. The van der Waals surface area contributed by atoms with Crippen molar-refractivity contribution < 1.29 is 14.6 Å². The summed E-state index contributed by atoms with van der Waals surface area (Å²) in [7, 11) is 1.70. The number of halogens is 1. The second kappa shape index (κ2) is 10.5. The van der Waals surface area contributed by atoms with Crippen LogP contribution in [0.5, 0.6) is 5.75 Å². The van der Waals surface area contributed by atoms with E-state index in [-0.39, 0.29) is 21.7 Å². The summed E-state index contributed by atoms with van der Waals surface area (Å²) in [5.74, 6) is 3.46. The number of carboxylic acid groups (broad SMARTS) is 1. The quantitative estimate of drug-likeness (QED) is 0.310. The van der Waals surface area contributed by atoms with E-state index in [1.807, 2.05) is 18.2 Å². The number of hydrogen-bond acceptors (Lipinski definition) is 4. The summed E-state index contributed by atoms with van der Waals surface area (Å²) in [6, 6.07) is 6.03. The Kier molecular flexibility index (Phi) is 7.67. The smallest absolute Gasteiger partial charge is 0.309 e. The minimum Gasteiger partial charge on any atom is -0.493 e. The maximum absolute atomic E-state index is 13.0. The average Bonchev–Trinajstić information content (AvgIpc) is 3.34. The van der Waals surface area contributed by atoms with Gasteiger partial charge in [0.2, 0.25) is 0 Å². The largest absolute Gasteiger partial charge is 0.493 e. The number of para-hydroxylation sites is 1. The highest BCUT2D eigenvalue weighted by Crippen LogP contribution is 2.77. The Labute approximate surface area is 268 Å². The lowest BCUT2D eigenvalue weighted by atomic mass is 9.32. The molecular weight excluding hydrogens is 600 g/mol. The van der Waals surface area contributed by atoms with E-state index in [9.17, 15) is 9.90 Å². The van der Waals surface area contributed by atoms with Crippen molar-refractivity contribution in [2.45, 2.75) is 113 Å². The number of nitrogens with one attached hydrogen (secondary N) is 1. The first-order chi connectivity index (χ1) is 20.2. The fourth-order valence-electron chi connectivity index (χ4n) is 12.7. The highest BCUT2D eigenvalue weighted by Gasteiger charge is 2.72. The molecule has 2 unspecified atom stereocenters. The maximum Gasteiger partial charge on any atom is 0.309 e. The van der Waals surface area contributed by atoms with Crippen molar-refractivity contribution in [3.63, 3.8) is 0 Å². The molecule has 0 spiro atoms. The SMILES string of the molecule is COc1c(Br)cccc1N/N=C1\CC[C@]2(C)[C@H]3CCC4[C@H]5[C@H](C(C)C)CCC5(C(=O)O)CC[C@@]4(C)[C@]3(C)CC[C@H]2C1(C)C. The van der Waals surface area contributed by atoms with E-state index in [4.69, 9.17) is 9.84 Å². The van der Waals surface area contributed by atoms with Gasteiger partial charge >= 0.3 is 5.97 Å². The molecule has 1 aromatic rings. The molecule has 6 rings (SSSR count). The second-order valence-corrected chi connectivity index (χ2v) is 17.7. The number of nitrogens with zero attached hydrogens (tertiary/aromatic N) is 1. The molecular formula is C37H55BrN2O3. The molecule has 0 aliphatic heterocycles. The molecule has 0 bridgehead atoms. The average molecular weight is 656 g/mol. The van der Waals surface area contributed by atoms with Gasteiger partial charge in [-0.15, -0.1) is 0 Å². The lowest BCUT2D eigenvalue weighted by Crippen LogP contribution is -2.66. The zero-order chi connectivity index (χ0) is 31.2. The number of fused-ring (bicyclic) bond motifs is 7. The molecule has 0 heterocycles. The normalized spacial score (nSPS) is 44.2. The van der Waals surface area contributed by atoms with Crippen molar-refractivity contribution in [2.24, 2.45) is 67.7 Å². The van der Waals surface area contributed by atoms with Crippen molar-refractivity contribution in [3.8, 4) is 5.75 Å². The molecule has 0 radical (unpaired) electrons. The van der Waals surface area contributed by atoms with Gasteiger partial charge < -0.3 is 9.84 Å². The number of aliphatic carboxylic acids is 1. The first kappa shape index (κ1) is 31.4. The van der Waals surface area contributed by atoms with Crippen molar-refractivity contribution in [3.05, 3.63) is 22.7 Å². The lowest BCUT2D eigenvalue weighted by molar-refractivity contribution is -0.232. The van der Waals surface area contributed by atoms with E-state index in [0.717, 1.165) is 48.0 Å². The summed E-state index contributed by atoms with van der Waals surface area (Å²) >= 11 is 3.61. The Morgan fingerprint density at radius 1 is 0.977 bits per heavy atom. The fourth-order valence-corrected chi connectivity index (χ4v) is 13.2. The van der Waals surface area contributed by atoms with Gasteiger partial charge in [0.1, 0.15) is 0 Å². The van der Waals surface area contributed by atoms with Crippen molar-refractivity contribution >= 4 is 33.3 Å². The minimum atomic E-state index is -0.499. The van der Waals surface area contributed by atoms with Crippen LogP contribution in [0.3, 0.4) is 0 Å². The molecule has 6 heteroatoms. The van der Waals surface area contributed by atoms with Crippen LogP contribution in [0.2, 0.25) is 0 Å². The molecule has 0 saturated heterocycles. The van der Waals surface area contributed by atoms with Gasteiger partial charge in [-0.3, -0.25) is 10.2 Å². The van der Waals surface area contributed by atoms with Crippen LogP contribution < -0.4 is 10.2 Å². The number of ether oxygens (including phenoxy) is 1. The number of hydrogen-bond donors (Lipinski definition) is 2. The monoisotopic (exact) mass is 654 g/mol. The topological polar surface area (TPSA) is 70.9 Å². The third kappa shape index (κ3) is 4.26. The number of benzene rings is 1. The van der Waals surface area contributed by atoms with E-state index in [1.54, 1.807) is 7.11 Å². The molecule has 0 aromatic heterocycles. The number of hydrazone groups is 1. The minimum absolute atomic E-state index is 0.00243. The van der Waals surface area contributed by atoms with Crippen LogP contribution in [0.4, 0.5) is 5.69 Å². The molecule has 5 fully saturated rings. The summed E-state index contributed by atoms with van der Waals surface area (Å²) in [5, 5.41) is 15.8. The van der Waals surface area contributed by atoms with E-state index in [1.165, 1.54) is 37.8 Å². The summed E-state index contributed by atoms with van der Waals surface area (Å²) < 4.78 is 6.57. The number of carbonyl (C=O) groups is 1. The zero-order valence-corrected chi connectivity index (χ0v) is 29.4. The molecule has 2 N–H and O–H groups in total. The predicted molar refractivity (Wildman–Crippen MR) is 178 cm³/mol. The Bertz CT molecular complexity index is 1310. The third-order valence-electron chi connectivity index (χ3n) is 15.0. The molecule has 5 aliphatic rings. The van der Waals surface area contributed by atoms with E-state index < -0.39 is 11.4 Å². The first-order valence-corrected chi connectivity index (χ1v) is 17.9. The van der Waals surface area contributed by atoms with Crippen LogP contribution in [0.25, 0.3) is 0 Å². The molecule has 238 valence electrons. The maximum atomic E-state index is 13.0. The number of methoxy groups -OCH3 is 1. The van der Waals surface area contributed by atoms with Crippen molar-refractivity contribution in [2.75, 3.05) is 12.5 Å². The second-order valence-electron chi connectivity index (χ2n) is 16.8. The number of carboxylic acids is 1.